The Kier molecular flexibility index (Phi) is 6.11. The average molecular weight is 312 g/mol. The molecule has 9 nitrogen and oxygen atoms in total. The molecule has 0 heterocycles. The first kappa shape index (κ1) is 17.2. The molecule has 0 bridgehead atoms. The first-order chi connectivity index (χ1) is 10.4. The van der Waals surface area contributed by atoms with Crippen LogP contribution in [0.15, 0.2) is 12.1 Å². The fourth-order valence-corrected chi connectivity index (χ4v) is 1.68. The molecule has 1 aromatic rings. The number of rotatable bonds is 7. The zero-order valence-corrected chi connectivity index (χ0v) is 12.4. The molecule has 0 saturated heterocycles. The van der Waals surface area contributed by atoms with E-state index < -0.39 is 22.5 Å². The zero-order valence-electron chi connectivity index (χ0n) is 12.4. The van der Waals surface area contributed by atoms with E-state index in [4.69, 9.17) is 9.47 Å². The van der Waals surface area contributed by atoms with Crippen molar-refractivity contribution < 1.29 is 28.7 Å². The number of nitro benzene ring substituents is 1. The van der Waals surface area contributed by atoms with E-state index in [-0.39, 0.29) is 30.2 Å². The van der Waals surface area contributed by atoms with Crippen LogP contribution in [-0.4, -0.2) is 44.2 Å². The SMILES string of the molecule is CCOC(=O)CNC(=O)c1cc(OC)cc([N+](=O)[O-])c1OC. The Bertz CT molecular complexity index is 586. The summed E-state index contributed by atoms with van der Waals surface area (Å²) in [6.45, 7) is 1.46. The number of hydrogen-bond acceptors (Lipinski definition) is 7. The lowest BCUT2D eigenvalue weighted by molar-refractivity contribution is -0.385. The van der Waals surface area contributed by atoms with Crippen molar-refractivity contribution in [1.82, 2.24) is 5.32 Å². The van der Waals surface area contributed by atoms with Gasteiger partial charge in [-0.1, -0.05) is 0 Å². The van der Waals surface area contributed by atoms with Crippen LogP contribution in [0.1, 0.15) is 17.3 Å². The van der Waals surface area contributed by atoms with Gasteiger partial charge in [0.25, 0.3) is 5.91 Å². The van der Waals surface area contributed by atoms with Gasteiger partial charge < -0.3 is 19.5 Å². The van der Waals surface area contributed by atoms with Crippen molar-refractivity contribution in [3.63, 3.8) is 0 Å². The van der Waals surface area contributed by atoms with Gasteiger partial charge in [0.2, 0.25) is 5.75 Å². The van der Waals surface area contributed by atoms with E-state index in [1.54, 1.807) is 6.92 Å². The predicted octanol–water partition coefficient (Wildman–Crippen LogP) is 0.905. The summed E-state index contributed by atoms with van der Waals surface area (Å²) >= 11 is 0. The number of ether oxygens (including phenoxy) is 3. The number of hydrogen-bond donors (Lipinski definition) is 1. The van der Waals surface area contributed by atoms with Gasteiger partial charge in [-0.25, -0.2) is 0 Å². The monoisotopic (exact) mass is 312 g/mol. The molecule has 0 saturated carbocycles. The number of methoxy groups -OCH3 is 2. The molecule has 0 aliphatic heterocycles. The molecule has 0 aliphatic rings. The summed E-state index contributed by atoms with van der Waals surface area (Å²) in [6, 6.07) is 2.42. The number of benzene rings is 1. The molecule has 0 aliphatic carbocycles. The van der Waals surface area contributed by atoms with Gasteiger partial charge in [0.1, 0.15) is 12.3 Å². The van der Waals surface area contributed by atoms with E-state index in [1.807, 2.05) is 0 Å². The molecule has 120 valence electrons. The van der Waals surface area contributed by atoms with E-state index in [0.29, 0.717) is 0 Å². The normalized spacial score (nSPS) is 9.77. The lowest BCUT2D eigenvalue weighted by Gasteiger charge is -2.11. The van der Waals surface area contributed by atoms with E-state index in [0.717, 1.165) is 6.07 Å². The summed E-state index contributed by atoms with van der Waals surface area (Å²) in [5.41, 5.74) is -0.527. The lowest BCUT2D eigenvalue weighted by Crippen LogP contribution is -2.31. The predicted molar refractivity (Wildman–Crippen MR) is 75.2 cm³/mol. The molecule has 1 amide bonds. The van der Waals surface area contributed by atoms with Crippen LogP contribution in [0.4, 0.5) is 5.69 Å². The maximum Gasteiger partial charge on any atom is 0.325 e. The van der Waals surface area contributed by atoms with Gasteiger partial charge in [-0.3, -0.25) is 19.7 Å². The number of nitrogens with zero attached hydrogens (tertiary/aromatic N) is 1. The Hall–Kier alpha value is -2.84. The van der Waals surface area contributed by atoms with Crippen molar-refractivity contribution in [2.24, 2.45) is 0 Å². The van der Waals surface area contributed by atoms with Crippen LogP contribution in [0.2, 0.25) is 0 Å². The lowest BCUT2D eigenvalue weighted by atomic mass is 10.1. The quantitative estimate of drug-likeness (QED) is 0.451. The molecule has 0 aromatic heterocycles. The van der Waals surface area contributed by atoms with Crippen molar-refractivity contribution in [1.29, 1.82) is 0 Å². The topological polar surface area (TPSA) is 117 Å². The van der Waals surface area contributed by atoms with E-state index in [1.165, 1.54) is 20.3 Å². The molecule has 1 aromatic carbocycles. The summed E-state index contributed by atoms with van der Waals surface area (Å²) in [4.78, 5) is 33.7. The number of amides is 1. The largest absolute Gasteiger partial charge is 0.496 e. The standard InChI is InChI=1S/C13H16N2O7/c1-4-22-11(16)7-14-13(17)9-5-8(20-2)6-10(15(18)19)12(9)21-3/h5-6H,4,7H2,1-3H3,(H,14,17). The molecule has 1 N–H and O–H groups in total. The highest BCUT2D eigenvalue weighted by Crippen LogP contribution is 2.35. The molecule has 0 atom stereocenters. The van der Waals surface area contributed by atoms with Crippen molar-refractivity contribution in [3.8, 4) is 11.5 Å². The number of carbonyl (C=O) groups excluding carboxylic acids is 2. The van der Waals surface area contributed by atoms with Gasteiger partial charge in [-0.2, -0.15) is 0 Å². The summed E-state index contributed by atoms with van der Waals surface area (Å²) in [5.74, 6) is -1.43. The summed E-state index contributed by atoms with van der Waals surface area (Å²) in [5, 5.41) is 13.3. The minimum atomic E-state index is -0.716. The van der Waals surface area contributed by atoms with E-state index in [2.05, 4.69) is 10.1 Å². The van der Waals surface area contributed by atoms with Crippen LogP contribution in [-0.2, 0) is 9.53 Å². The minimum absolute atomic E-state index is 0.113. The van der Waals surface area contributed by atoms with Crippen molar-refractivity contribution in [2.45, 2.75) is 6.92 Å². The summed E-state index contributed by atoms with van der Waals surface area (Å²) in [6.07, 6.45) is 0. The summed E-state index contributed by atoms with van der Waals surface area (Å²) < 4.78 is 14.5. The second-order valence-electron chi connectivity index (χ2n) is 3.97. The van der Waals surface area contributed by atoms with Gasteiger partial charge in [-0.15, -0.1) is 0 Å². The van der Waals surface area contributed by atoms with Gasteiger partial charge in [-0.05, 0) is 13.0 Å². The molecule has 1 rings (SSSR count). The van der Waals surface area contributed by atoms with Crippen LogP contribution in [0, 0.1) is 10.1 Å². The molecule has 22 heavy (non-hydrogen) atoms. The van der Waals surface area contributed by atoms with Crippen molar-refractivity contribution in [2.75, 3.05) is 27.4 Å². The highest BCUT2D eigenvalue weighted by molar-refractivity contribution is 6.00. The van der Waals surface area contributed by atoms with Crippen molar-refractivity contribution >= 4 is 17.6 Å². The number of nitro groups is 1. The van der Waals surface area contributed by atoms with Crippen LogP contribution in [0.5, 0.6) is 11.5 Å². The van der Waals surface area contributed by atoms with Crippen LogP contribution < -0.4 is 14.8 Å². The van der Waals surface area contributed by atoms with Crippen LogP contribution in [0.3, 0.4) is 0 Å². The highest BCUT2D eigenvalue weighted by Gasteiger charge is 2.25. The maximum atomic E-state index is 12.1. The van der Waals surface area contributed by atoms with Gasteiger partial charge in [0, 0.05) is 0 Å². The first-order valence-corrected chi connectivity index (χ1v) is 6.28. The minimum Gasteiger partial charge on any atom is -0.496 e. The Morgan fingerprint density at radius 2 is 1.95 bits per heavy atom. The Morgan fingerprint density at radius 3 is 2.45 bits per heavy atom. The Labute approximate surface area is 126 Å². The van der Waals surface area contributed by atoms with Crippen LogP contribution >= 0.6 is 0 Å². The Morgan fingerprint density at radius 1 is 1.27 bits per heavy atom. The second kappa shape index (κ2) is 7.81. The van der Waals surface area contributed by atoms with Crippen molar-refractivity contribution in [3.05, 3.63) is 27.8 Å². The van der Waals surface area contributed by atoms with Gasteiger partial charge in [0.15, 0.2) is 0 Å². The first-order valence-electron chi connectivity index (χ1n) is 6.28. The highest BCUT2D eigenvalue weighted by atomic mass is 16.6. The van der Waals surface area contributed by atoms with E-state index in [9.17, 15) is 19.7 Å². The average Bonchev–Trinajstić information content (AvgIpc) is 2.51. The zero-order chi connectivity index (χ0) is 16.7. The Balaban J connectivity index is 3.10. The van der Waals surface area contributed by atoms with Gasteiger partial charge in [0.05, 0.1) is 37.4 Å². The fraction of sp³-hybridized carbons (Fsp3) is 0.385. The smallest absolute Gasteiger partial charge is 0.325 e. The molecule has 0 unspecified atom stereocenters. The third-order valence-corrected chi connectivity index (χ3v) is 2.62. The number of carbonyl (C=O) groups is 2. The fourth-order valence-electron chi connectivity index (χ4n) is 1.68. The molecule has 0 radical (unpaired) electrons. The third-order valence-electron chi connectivity index (χ3n) is 2.62. The van der Waals surface area contributed by atoms with Crippen LogP contribution in [0.25, 0.3) is 0 Å². The van der Waals surface area contributed by atoms with Gasteiger partial charge >= 0.3 is 11.7 Å². The maximum absolute atomic E-state index is 12.1. The molecule has 9 heteroatoms. The number of nitrogens with one attached hydrogen (secondary N) is 1. The molecule has 0 spiro atoms. The summed E-state index contributed by atoms with van der Waals surface area (Å²) in [7, 11) is 2.52. The molecular formula is C13H16N2O7. The van der Waals surface area contributed by atoms with E-state index >= 15 is 0 Å². The third kappa shape index (κ3) is 4.08. The molecule has 0 fully saturated rings. The number of esters is 1. The molecular weight excluding hydrogens is 296 g/mol. The second-order valence-corrected chi connectivity index (χ2v) is 3.97.